The van der Waals surface area contributed by atoms with Crippen molar-refractivity contribution in [1.29, 1.82) is 0 Å². The van der Waals surface area contributed by atoms with Gasteiger partial charge in [-0.15, -0.1) is 0 Å². The number of nitrogens with two attached hydrogens (primary N) is 1. The second kappa shape index (κ2) is 12.5. The van der Waals surface area contributed by atoms with E-state index in [4.69, 9.17) is 19.9 Å². The first-order valence-electron chi connectivity index (χ1n) is 17.1. The maximum atomic E-state index is 13.7. The van der Waals surface area contributed by atoms with Crippen LogP contribution in [0.3, 0.4) is 0 Å². The van der Waals surface area contributed by atoms with Crippen molar-refractivity contribution < 1.29 is 28.6 Å². The van der Waals surface area contributed by atoms with Gasteiger partial charge in [0, 0.05) is 67.8 Å². The summed E-state index contributed by atoms with van der Waals surface area (Å²) in [5, 5.41) is 3.49. The van der Waals surface area contributed by atoms with Gasteiger partial charge < -0.3 is 30.2 Å². The van der Waals surface area contributed by atoms with Crippen LogP contribution >= 0.6 is 21.6 Å². The van der Waals surface area contributed by atoms with Gasteiger partial charge in [0.25, 0.3) is 0 Å². The van der Waals surface area contributed by atoms with Crippen molar-refractivity contribution >= 4 is 39.4 Å². The molecule has 5 aliphatic heterocycles. The third-order valence-corrected chi connectivity index (χ3v) is 14.7. The number of hydrogen-bond acceptors (Lipinski definition) is 10. The van der Waals surface area contributed by atoms with Crippen LogP contribution in [-0.2, 0) is 28.6 Å². The van der Waals surface area contributed by atoms with E-state index in [1.54, 1.807) is 13.0 Å². The molecule has 3 N–H and O–H groups in total. The summed E-state index contributed by atoms with van der Waals surface area (Å²) in [7, 11) is 3.74. The molecule has 248 valence electrons. The minimum Gasteiger partial charge on any atom is -0.462 e. The lowest BCUT2D eigenvalue weighted by Gasteiger charge is -2.57. The van der Waals surface area contributed by atoms with Crippen molar-refractivity contribution in [1.82, 2.24) is 10.2 Å². The normalized spacial score (nSPS) is 45.2. The molecule has 5 saturated heterocycles. The molecular weight excluding hydrogens is 611 g/mol. The van der Waals surface area contributed by atoms with Gasteiger partial charge in [-0.3, -0.25) is 9.59 Å². The number of nitrogens with one attached hydrogen (secondary N) is 1. The standard InChI is InChI=1S/C34H49N3O6S2/c1-4-19(2)32(40)43-33(3)9-7-21-17-44-45-18-24-8-10-37(24)29(38)12-23-16-36-28(35)13-25(23)31(21)34(33)15-22-11-20-5-6-30(39)41-26(20)14-27(22)42-34/h4,7,20,22-28,31,36H,5-6,8-18,35H2,1-3H3/t20?,22?,23?,24-,25?,26?,27?,28?,31+,33-,34-/m0/s1. The maximum Gasteiger partial charge on any atom is 0.334 e. The molecule has 0 bridgehead atoms. The molecule has 0 aromatic rings. The molecule has 11 heteroatoms. The summed E-state index contributed by atoms with van der Waals surface area (Å²) in [4.78, 5) is 41.7. The van der Waals surface area contributed by atoms with E-state index in [0.29, 0.717) is 49.8 Å². The summed E-state index contributed by atoms with van der Waals surface area (Å²) >= 11 is 0. The average Bonchev–Trinajstić information content (AvgIpc) is 3.36. The molecule has 1 spiro atoms. The van der Waals surface area contributed by atoms with Crippen molar-refractivity contribution in [2.24, 2.45) is 35.3 Å². The Morgan fingerprint density at radius 3 is 2.78 bits per heavy atom. The molecule has 1 amide bonds. The van der Waals surface area contributed by atoms with Gasteiger partial charge in [0.15, 0.2) is 0 Å². The zero-order valence-corrected chi connectivity index (χ0v) is 28.5. The van der Waals surface area contributed by atoms with Crippen LogP contribution in [0.5, 0.6) is 0 Å². The number of amides is 1. The van der Waals surface area contributed by atoms with Crippen molar-refractivity contribution in [3.8, 4) is 0 Å². The summed E-state index contributed by atoms with van der Waals surface area (Å²) in [6.45, 7) is 7.26. The summed E-state index contributed by atoms with van der Waals surface area (Å²) in [5.41, 5.74) is 6.88. The molecule has 0 aromatic carbocycles. The minimum atomic E-state index is -0.914. The highest BCUT2D eigenvalue weighted by molar-refractivity contribution is 8.76. The molecule has 5 heterocycles. The van der Waals surface area contributed by atoms with Gasteiger partial charge in [-0.25, -0.2) is 4.79 Å². The number of hydrogen-bond donors (Lipinski definition) is 2. The van der Waals surface area contributed by atoms with E-state index in [2.05, 4.69) is 23.2 Å². The first kappa shape index (κ1) is 32.0. The van der Waals surface area contributed by atoms with Gasteiger partial charge in [0.1, 0.15) is 17.3 Å². The average molecular weight is 660 g/mol. The fraction of sp³-hybridized carbons (Fsp3) is 0.794. The van der Waals surface area contributed by atoms with Crippen LogP contribution in [0.25, 0.3) is 0 Å². The fourth-order valence-electron chi connectivity index (χ4n) is 9.62. The quantitative estimate of drug-likeness (QED) is 0.192. The van der Waals surface area contributed by atoms with Crippen molar-refractivity contribution in [3.05, 3.63) is 23.3 Å². The van der Waals surface area contributed by atoms with Crippen LogP contribution in [0, 0.1) is 29.6 Å². The zero-order valence-electron chi connectivity index (χ0n) is 26.8. The lowest BCUT2D eigenvalue weighted by Crippen LogP contribution is -2.65. The molecule has 0 aromatic heterocycles. The number of rotatable bonds is 2. The molecule has 9 nitrogen and oxygen atoms in total. The highest BCUT2D eigenvalue weighted by Gasteiger charge is 2.67. The smallest absolute Gasteiger partial charge is 0.334 e. The van der Waals surface area contributed by atoms with Gasteiger partial charge in [-0.05, 0) is 76.5 Å². The van der Waals surface area contributed by atoms with Crippen LogP contribution in [0.4, 0.5) is 0 Å². The number of esters is 2. The van der Waals surface area contributed by atoms with E-state index < -0.39 is 11.2 Å². The Hall–Kier alpha value is -1.53. The zero-order chi connectivity index (χ0) is 31.5. The molecule has 1 saturated carbocycles. The van der Waals surface area contributed by atoms with Gasteiger partial charge >= 0.3 is 11.9 Å². The van der Waals surface area contributed by atoms with Gasteiger partial charge in [0.2, 0.25) is 5.91 Å². The topological polar surface area (TPSA) is 120 Å². The fourth-order valence-corrected chi connectivity index (χ4v) is 12.2. The van der Waals surface area contributed by atoms with Gasteiger partial charge in [-0.2, -0.15) is 0 Å². The van der Waals surface area contributed by atoms with Crippen molar-refractivity contribution in [2.75, 3.05) is 24.6 Å². The van der Waals surface area contributed by atoms with Crippen LogP contribution < -0.4 is 11.1 Å². The van der Waals surface area contributed by atoms with Crippen LogP contribution in [0.2, 0.25) is 0 Å². The predicted molar refractivity (Wildman–Crippen MR) is 175 cm³/mol. The Bertz CT molecular complexity index is 1280. The Labute approximate surface area is 274 Å². The van der Waals surface area contributed by atoms with E-state index >= 15 is 0 Å². The second-order valence-corrected chi connectivity index (χ2v) is 17.3. The summed E-state index contributed by atoms with van der Waals surface area (Å²) < 4.78 is 19.9. The number of carbonyl (C=O) groups is 3. The molecule has 7 aliphatic rings. The van der Waals surface area contributed by atoms with Crippen molar-refractivity contribution in [2.45, 2.75) is 114 Å². The largest absolute Gasteiger partial charge is 0.462 e. The second-order valence-electron chi connectivity index (χ2n) is 14.8. The Morgan fingerprint density at radius 2 is 2.00 bits per heavy atom. The van der Waals surface area contributed by atoms with Gasteiger partial charge in [-0.1, -0.05) is 39.3 Å². The highest BCUT2D eigenvalue weighted by Crippen LogP contribution is 2.62. The molecule has 45 heavy (non-hydrogen) atoms. The summed E-state index contributed by atoms with van der Waals surface area (Å²) in [6.07, 6.45) is 10.3. The molecule has 0 radical (unpaired) electrons. The number of nitrogens with zero attached hydrogens (tertiary/aromatic N) is 1. The summed E-state index contributed by atoms with van der Waals surface area (Å²) in [5.74, 6) is 2.36. The van der Waals surface area contributed by atoms with Crippen LogP contribution in [-0.4, -0.2) is 83.0 Å². The molecule has 2 aliphatic carbocycles. The molecule has 7 rings (SSSR count). The first-order valence-corrected chi connectivity index (χ1v) is 19.5. The Balaban J connectivity index is 1.31. The summed E-state index contributed by atoms with van der Waals surface area (Å²) in [6, 6.07) is 0.325. The van der Waals surface area contributed by atoms with E-state index in [1.807, 2.05) is 28.5 Å². The lowest BCUT2D eigenvalue weighted by molar-refractivity contribution is -0.229. The van der Waals surface area contributed by atoms with Crippen molar-refractivity contribution in [3.63, 3.8) is 0 Å². The van der Waals surface area contributed by atoms with Crippen LogP contribution in [0.15, 0.2) is 23.3 Å². The number of fused-ring (bicyclic) bond motifs is 7. The van der Waals surface area contributed by atoms with E-state index in [9.17, 15) is 14.4 Å². The van der Waals surface area contributed by atoms with Crippen LogP contribution in [0.1, 0.15) is 78.6 Å². The number of allylic oxidation sites excluding steroid dienone is 1. The first-order chi connectivity index (χ1) is 21.6. The predicted octanol–water partition coefficient (Wildman–Crippen LogP) is 4.36. The Morgan fingerprint density at radius 1 is 1.16 bits per heavy atom. The third kappa shape index (κ3) is 5.70. The molecule has 7 unspecified atom stereocenters. The minimum absolute atomic E-state index is 0.0594. The molecular formula is C34H49N3O6S2. The molecule has 11 atom stereocenters. The molecule has 6 fully saturated rings. The Kier molecular flexibility index (Phi) is 8.89. The number of piperidine rings is 1. The van der Waals surface area contributed by atoms with Gasteiger partial charge in [0.05, 0.1) is 12.3 Å². The maximum absolute atomic E-state index is 13.7. The SMILES string of the molecule is CC=C(C)C(=O)O[C@@]1(C)CC=C2CSSC[C@@H]3CCN3C(=O)CC3CNC(N)CC3[C@@H]2[C@@]12CC1CC3CCC(=O)OC3CC1O2. The number of carbonyl (C=O) groups excluding carboxylic acids is 3. The van der Waals surface area contributed by atoms with E-state index in [1.165, 1.54) is 5.57 Å². The lowest BCUT2D eigenvalue weighted by atomic mass is 9.56. The van der Waals surface area contributed by atoms with E-state index in [0.717, 1.165) is 50.2 Å². The number of ether oxygens (including phenoxy) is 3. The van der Waals surface area contributed by atoms with E-state index in [-0.39, 0.29) is 59.9 Å². The monoisotopic (exact) mass is 659 g/mol. The highest BCUT2D eigenvalue weighted by atomic mass is 33.1. The third-order valence-electron chi connectivity index (χ3n) is 12.3.